The summed E-state index contributed by atoms with van der Waals surface area (Å²) in [5.74, 6) is -0.464. The third-order valence-electron chi connectivity index (χ3n) is 3.78. The normalized spacial score (nSPS) is 11.8. The van der Waals surface area contributed by atoms with E-state index in [9.17, 15) is 9.18 Å². The van der Waals surface area contributed by atoms with Crippen LogP contribution in [0.25, 0.3) is 11.1 Å². The highest BCUT2D eigenvalue weighted by atomic mass is 32.2. The first-order valence-corrected chi connectivity index (χ1v) is 8.89. The molecule has 0 spiro atoms. The van der Waals surface area contributed by atoms with E-state index in [1.54, 1.807) is 25.1 Å². The topological polar surface area (TPSA) is 29.1 Å². The maximum atomic E-state index is 13.8. The van der Waals surface area contributed by atoms with E-state index in [1.807, 2.05) is 54.6 Å². The van der Waals surface area contributed by atoms with Crippen LogP contribution in [0.1, 0.15) is 6.92 Å². The van der Waals surface area contributed by atoms with Crippen molar-refractivity contribution in [2.45, 2.75) is 17.1 Å². The van der Waals surface area contributed by atoms with Crippen LogP contribution in [-0.4, -0.2) is 11.2 Å². The zero-order valence-corrected chi connectivity index (χ0v) is 14.6. The molecule has 3 rings (SSSR count). The Balaban J connectivity index is 1.76. The minimum absolute atomic E-state index is 0.156. The molecule has 0 radical (unpaired) electrons. The lowest BCUT2D eigenvalue weighted by molar-refractivity contribution is -0.115. The fraction of sp³-hybridized carbons (Fsp3) is 0.0952. The maximum Gasteiger partial charge on any atom is 0.237 e. The van der Waals surface area contributed by atoms with Gasteiger partial charge in [0, 0.05) is 16.1 Å². The first-order valence-electron chi connectivity index (χ1n) is 8.01. The van der Waals surface area contributed by atoms with Gasteiger partial charge >= 0.3 is 0 Å². The molecule has 0 bridgehead atoms. The Morgan fingerprint density at radius 1 is 0.920 bits per heavy atom. The summed E-state index contributed by atoms with van der Waals surface area (Å²) in [6.07, 6.45) is 0. The Kier molecular flexibility index (Phi) is 5.51. The highest BCUT2D eigenvalue weighted by molar-refractivity contribution is 8.00. The number of benzene rings is 3. The number of rotatable bonds is 5. The van der Waals surface area contributed by atoms with Crippen LogP contribution >= 0.6 is 11.8 Å². The summed E-state index contributed by atoms with van der Waals surface area (Å²) in [5, 5.41) is 2.55. The van der Waals surface area contributed by atoms with Crippen LogP contribution in [0.5, 0.6) is 0 Å². The van der Waals surface area contributed by atoms with E-state index in [0.717, 1.165) is 16.8 Å². The average Bonchev–Trinajstić information content (AvgIpc) is 2.64. The molecule has 0 aliphatic carbocycles. The van der Waals surface area contributed by atoms with E-state index in [1.165, 1.54) is 17.8 Å². The summed E-state index contributed by atoms with van der Waals surface area (Å²) in [7, 11) is 0. The number of carbonyl (C=O) groups is 1. The first kappa shape index (κ1) is 17.2. The van der Waals surface area contributed by atoms with Gasteiger partial charge in [0.15, 0.2) is 0 Å². The number of amides is 1. The summed E-state index contributed by atoms with van der Waals surface area (Å²) in [6, 6.07) is 24.0. The Labute approximate surface area is 151 Å². The summed E-state index contributed by atoms with van der Waals surface area (Å²) in [5.41, 5.74) is 2.74. The molecule has 1 N–H and O–H groups in total. The highest BCUT2D eigenvalue weighted by Gasteiger charge is 2.17. The molecule has 126 valence electrons. The molecule has 1 atom stereocenters. The van der Waals surface area contributed by atoms with Gasteiger partial charge < -0.3 is 5.32 Å². The third-order valence-corrected chi connectivity index (χ3v) is 4.93. The maximum absolute atomic E-state index is 13.8. The van der Waals surface area contributed by atoms with E-state index in [4.69, 9.17) is 0 Å². The largest absolute Gasteiger partial charge is 0.325 e. The van der Waals surface area contributed by atoms with Crippen molar-refractivity contribution in [1.29, 1.82) is 0 Å². The number of halogens is 1. The smallest absolute Gasteiger partial charge is 0.237 e. The van der Waals surface area contributed by atoms with Gasteiger partial charge in [-0.3, -0.25) is 4.79 Å². The van der Waals surface area contributed by atoms with E-state index >= 15 is 0 Å². The van der Waals surface area contributed by atoms with Crippen LogP contribution in [0.2, 0.25) is 0 Å². The van der Waals surface area contributed by atoms with Gasteiger partial charge in [0.05, 0.1) is 5.25 Å². The standard InChI is InChI=1S/C21H18FNOS/c1-15(25-20-14-8-6-12-18(20)22)21(24)23-19-13-7-5-11-17(19)16-9-3-2-4-10-16/h2-15H,1H3,(H,23,24)/t15-/m1/s1. The quantitative estimate of drug-likeness (QED) is 0.605. The molecule has 0 saturated carbocycles. The van der Waals surface area contributed by atoms with Crippen LogP contribution in [0, 0.1) is 5.82 Å². The molecule has 25 heavy (non-hydrogen) atoms. The monoisotopic (exact) mass is 351 g/mol. The van der Waals surface area contributed by atoms with Gasteiger partial charge in [0.1, 0.15) is 5.82 Å². The van der Waals surface area contributed by atoms with Crippen molar-refractivity contribution in [3.8, 4) is 11.1 Å². The first-order chi connectivity index (χ1) is 12.1. The Morgan fingerprint density at radius 3 is 2.32 bits per heavy atom. The van der Waals surface area contributed by atoms with Gasteiger partial charge in [-0.25, -0.2) is 4.39 Å². The summed E-state index contributed by atoms with van der Waals surface area (Å²) in [6.45, 7) is 1.78. The molecule has 0 heterocycles. The fourth-order valence-electron chi connectivity index (χ4n) is 2.48. The molecule has 3 aromatic rings. The van der Waals surface area contributed by atoms with Crippen molar-refractivity contribution in [3.63, 3.8) is 0 Å². The predicted molar refractivity (Wildman–Crippen MR) is 102 cm³/mol. The van der Waals surface area contributed by atoms with Crippen molar-refractivity contribution in [3.05, 3.63) is 84.7 Å². The van der Waals surface area contributed by atoms with Gasteiger partial charge in [-0.1, -0.05) is 60.7 Å². The molecule has 0 aromatic heterocycles. The number of carbonyl (C=O) groups excluding carboxylic acids is 1. The second-order valence-corrected chi connectivity index (χ2v) is 6.97. The van der Waals surface area contributed by atoms with Gasteiger partial charge in [-0.15, -0.1) is 11.8 Å². The third kappa shape index (κ3) is 4.28. The lowest BCUT2D eigenvalue weighted by Gasteiger charge is -2.15. The number of nitrogens with one attached hydrogen (secondary N) is 1. The number of hydrogen-bond donors (Lipinski definition) is 1. The molecule has 0 fully saturated rings. The van der Waals surface area contributed by atoms with Crippen molar-refractivity contribution in [2.24, 2.45) is 0 Å². The van der Waals surface area contributed by atoms with Crippen LogP contribution in [-0.2, 0) is 4.79 Å². The van der Waals surface area contributed by atoms with Gasteiger partial charge in [-0.2, -0.15) is 0 Å². The Bertz CT molecular complexity index is 867. The molecular formula is C21H18FNOS. The van der Waals surface area contributed by atoms with Crippen molar-refractivity contribution >= 4 is 23.4 Å². The van der Waals surface area contributed by atoms with Crippen molar-refractivity contribution in [2.75, 3.05) is 5.32 Å². The zero-order chi connectivity index (χ0) is 17.6. The summed E-state index contributed by atoms with van der Waals surface area (Å²) in [4.78, 5) is 13.0. The molecule has 3 aromatic carbocycles. The van der Waals surface area contributed by atoms with Gasteiger partial charge in [0.2, 0.25) is 5.91 Å². The molecule has 1 amide bonds. The second kappa shape index (κ2) is 7.99. The van der Waals surface area contributed by atoms with Crippen molar-refractivity contribution < 1.29 is 9.18 Å². The molecule has 4 heteroatoms. The number of para-hydroxylation sites is 1. The predicted octanol–water partition coefficient (Wildman–Crippen LogP) is 5.61. The van der Waals surface area contributed by atoms with Crippen LogP contribution in [0.3, 0.4) is 0 Å². The van der Waals surface area contributed by atoms with Crippen LogP contribution in [0.4, 0.5) is 10.1 Å². The number of anilines is 1. The second-order valence-electron chi connectivity index (χ2n) is 5.59. The fourth-order valence-corrected chi connectivity index (χ4v) is 3.36. The minimum Gasteiger partial charge on any atom is -0.325 e. The Morgan fingerprint density at radius 2 is 1.56 bits per heavy atom. The SMILES string of the molecule is C[C@@H](Sc1ccccc1F)C(=O)Nc1ccccc1-c1ccccc1. The van der Waals surface area contributed by atoms with E-state index in [-0.39, 0.29) is 11.7 Å². The Hall–Kier alpha value is -2.59. The molecule has 0 aliphatic heterocycles. The van der Waals surface area contributed by atoms with Gasteiger partial charge in [-0.05, 0) is 30.7 Å². The zero-order valence-electron chi connectivity index (χ0n) is 13.8. The van der Waals surface area contributed by atoms with Gasteiger partial charge in [0.25, 0.3) is 0 Å². The van der Waals surface area contributed by atoms with Crippen molar-refractivity contribution in [1.82, 2.24) is 0 Å². The molecule has 0 unspecified atom stereocenters. The molecule has 0 saturated heterocycles. The highest BCUT2D eigenvalue weighted by Crippen LogP contribution is 2.30. The minimum atomic E-state index is -0.416. The molecular weight excluding hydrogens is 333 g/mol. The average molecular weight is 351 g/mol. The van der Waals surface area contributed by atoms with Crippen LogP contribution in [0.15, 0.2) is 83.8 Å². The van der Waals surface area contributed by atoms with Crippen LogP contribution < -0.4 is 5.32 Å². The van der Waals surface area contributed by atoms with E-state index in [0.29, 0.717) is 4.90 Å². The number of hydrogen-bond acceptors (Lipinski definition) is 2. The lowest BCUT2D eigenvalue weighted by Crippen LogP contribution is -2.22. The van der Waals surface area contributed by atoms with E-state index < -0.39 is 5.25 Å². The summed E-state index contributed by atoms with van der Waals surface area (Å²) >= 11 is 1.21. The number of thioether (sulfide) groups is 1. The van der Waals surface area contributed by atoms with E-state index in [2.05, 4.69) is 5.32 Å². The summed E-state index contributed by atoms with van der Waals surface area (Å²) < 4.78 is 13.8. The molecule has 2 nitrogen and oxygen atoms in total. The lowest BCUT2D eigenvalue weighted by atomic mass is 10.0. The molecule has 0 aliphatic rings.